The van der Waals surface area contributed by atoms with Crippen LogP contribution in [0.1, 0.15) is 24.1 Å². The van der Waals surface area contributed by atoms with Gasteiger partial charge in [-0.25, -0.2) is 14.2 Å². The molecule has 0 aliphatic carbocycles. The molecule has 0 unspecified atom stereocenters. The van der Waals surface area contributed by atoms with E-state index < -0.39 is 6.03 Å². The van der Waals surface area contributed by atoms with Crippen LogP contribution >= 0.6 is 0 Å². The highest BCUT2D eigenvalue weighted by atomic mass is 19.1. The van der Waals surface area contributed by atoms with Gasteiger partial charge in [-0.1, -0.05) is 6.07 Å². The molecule has 2 aromatic carbocycles. The van der Waals surface area contributed by atoms with E-state index in [0.717, 1.165) is 30.3 Å². The Kier molecular flexibility index (Phi) is 5.97. The molecular weight excluding hydrogens is 395 g/mol. The molecule has 4 rings (SSSR count). The number of aryl methyl sites for hydroxylation is 2. The van der Waals surface area contributed by atoms with Crippen molar-refractivity contribution in [1.82, 2.24) is 9.97 Å². The summed E-state index contributed by atoms with van der Waals surface area (Å²) in [4.78, 5) is 23.5. The van der Waals surface area contributed by atoms with Crippen molar-refractivity contribution >= 4 is 34.9 Å². The van der Waals surface area contributed by atoms with Crippen LogP contribution in [0.3, 0.4) is 0 Å². The molecule has 8 heteroatoms. The number of nitrogens with one attached hydrogen (secondary N) is 3. The van der Waals surface area contributed by atoms with Crippen LogP contribution in [-0.2, 0) is 0 Å². The van der Waals surface area contributed by atoms with Gasteiger partial charge in [0, 0.05) is 41.9 Å². The second kappa shape index (κ2) is 8.99. The fourth-order valence-corrected chi connectivity index (χ4v) is 3.45. The van der Waals surface area contributed by atoms with Crippen LogP contribution in [-0.4, -0.2) is 29.1 Å². The lowest BCUT2D eigenvalue weighted by molar-refractivity contribution is 0.262. The Morgan fingerprint density at radius 3 is 2.26 bits per heavy atom. The predicted octanol–water partition coefficient (Wildman–Crippen LogP) is 5.22. The van der Waals surface area contributed by atoms with Crippen molar-refractivity contribution in [1.29, 1.82) is 0 Å². The van der Waals surface area contributed by atoms with Crippen molar-refractivity contribution < 1.29 is 9.18 Å². The minimum Gasteiger partial charge on any atom is -0.356 e. The van der Waals surface area contributed by atoms with E-state index >= 15 is 0 Å². The maximum absolute atomic E-state index is 13.6. The zero-order valence-electron chi connectivity index (χ0n) is 17.6. The Morgan fingerprint density at radius 1 is 0.903 bits per heavy atom. The van der Waals surface area contributed by atoms with Crippen LogP contribution in [0.15, 0.2) is 48.5 Å². The fourth-order valence-electron chi connectivity index (χ4n) is 3.45. The number of halogens is 1. The average Bonchev–Trinajstić information content (AvgIpc) is 3.27. The second-order valence-corrected chi connectivity index (χ2v) is 7.63. The number of carbonyl (C=O) groups is 1. The molecule has 2 amide bonds. The van der Waals surface area contributed by atoms with Gasteiger partial charge in [0.2, 0.25) is 5.95 Å². The zero-order valence-corrected chi connectivity index (χ0v) is 17.6. The summed E-state index contributed by atoms with van der Waals surface area (Å²) < 4.78 is 13.6. The number of amides is 2. The van der Waals surface area contributed by atoms with Gasteiger partial charge in [0.1, 0.15) is 11.6 Å². The number of carbonyl (C=O) groups excluding carboxylic acids is 1. The molecule has 160 valence electrons. The van der Waals surface area contributed by atoms with E-state index in [1.54, 1.807) is 31.2 Å². The SMILES string of the molecule is Cc1cc(N2CCCC2)nc(Nc2ccc(NC(=O)Nc3ccc(C)c(F)c3)cc2)n1. The highest BCUT2D eigenvalue weighted by molar-refractivity contribution is 5.99. The third-order valence-electron chi connectivity index (χ3n) is 5.10. The molecule has 0 bridgehead atoms. The van der Waals surface area contributed by atoms with Gasteiger partial charge >= 0.3 is 6.03 Å². The summed E-state index contributed by atoms with van der Waals surface area (Å²) in [6.45, 7) is 5.67. The molecule has 7 nitrogen and oxygen atoms in total. The number of benzene rings is 2. The standard InChI is InChI=1S/C23H25FN6O/c1-15-5-6-19(14-20(15)24)28-23(31)27-18-9-7-17(8-10-18)26-22-25-16(2)13-21(29-22)30-11-3-4-12-30/h5-10,13-14H,3-4,11-12H2,1-2H3,(H,25,26,29)(H2,27,28,31). The maximum atomic E-state index is 13.6. The van der Waals surface area contributed by atoms with E-state index in [4.69, 9.17) is 0 Å². The zero-order chi connectivity index (χ0) is 21.8. The van der Waals surface area contributed by atoms with Crippen LogP contribution in [0.5, 0.6) is 0 Å². The van der Waals surface area contributed by atoms with Gasteiger partial charge in [0.25, 0.3) is 0 Å². The van der Waals surface area contributed by atoms with Crippen molar-refractivity contribution in [3.05, 3.63) is 65.6 Å². The van der Waals surface area contributed by atoms with E-state index in [0.29, 0.717) is 22.9 Å². The number of urea groups is 1. The average molecular weight is 420 g/mol. The molecule has 0 spiro atoms. The number of anilines is 5. The van der Waals surface area contributed by atoms with E-state index in [1.165, 1.54) is 18.9 Å². The molecule has 31 heavy (non-hydrogen) atoms. The first-order valence-corrected chi connectivity index (χ1v) is 10.3. The monoisotopic (exact) mass is 420 g/mol. The third kappa shape index (κ3) is 5.28. The van der Waals surface area contributed by atoms with Gasteiger partial charge in [0.15, 0.2) is 0 Å². The molecule has 1 aromatic heterocycles. The second-order valence-electron chi connectivity index (χ2n) is 7.63. The van der Waals surface area contributed by atoms with Crippen LogP contribution < -0.4 is 20.9 Å². The molecule has 2 heterocycles. The van der Waals surface area contributed by atoms with Gasteiger partial charge in [-0.05, 0) is 68.7 Å². The summed E-state index contributed by atoms with van der Waals surface area (Å²) in [5.41, 5.74) is 3.24. The summed E-state index contributed by atoms with van der Waals surface area (Å²) in [7, 11) is 0. The maximum Gasteiger partial charge on any atom is 0.323 e. The molecule has 0 saturated carbocycles. The van der Waals surface area contributed by atoms with E-state index in [9.17, 15) is 9.18 Å². The van der Waals surface area contributed by atoms with Gasteiger partial charge in [-0.15, -0.1) is 0 Å². The van der Waals surface area contributed by atoms with Crippen molar-refractivity contribution in [2.24, 2.45) is 0 Å². The van der Waals surface area contributed by atoms with E-state index in [2.05, 4.69) is 30.8 Å². The van der Waals surface area contributed by atoms with Gasteiger partial charge in [-0.2, -0.15) is 4.98 Å². The fraction of sp³-hybridized carbons (Fsp3) is 0.261. The molecule has 0 radical (unpaired) electrons. The lowest BCUT2D eigenvalue weighted by Crippen LogP contribution is -2.20. The summed E-state index contributed by atoms with van der Waals surface area (Å²) in [5, 5.41) is 8.58. The molecule has 1 fully saturated rings. The number of hydrogen-bond acceptors (Lipinski definition) is 5. The summed E-state index contributed by atoms with van der Waals surface area (Å²) in [6, 6.07) is 13.3. The van der Waals surface area contributed by atoms with E-state index in [1.807, 2.05) is 25.1 Å². The van der Waals surface area contributed by atoms with Gasteiger partial charge < -0.3 is 20.9 Å². The normalized spacial score (nSPS) is 13.2. The minimum atomic E-state index is -0.443. The molecule has 1 saturated heterocycles. The van der Waals surface area contributed by atoms with Gasteiger partial charge in [-0.3, -0.25) is 0 Å². The Balaban J connectivity index is 1.38. The lowest BCUT2D eigenvalue weighted by Gasteiger charge is -2.17. The highest BCUT2D eigenvalue weighted by Crippen LogP contribution is 2.22. The summed E-state index contributed by atoms with van der Waals surface area (Å²) >= 11 is 0. The van der Waals surface area contributed by atoms with Crippen LogP contribution in [0.25, 0.3) is 0 Å². The Hall–Kier alpha value is -3.68. The topological polar surface area (TPSA) is 82.2 Å². The predicted molar refractivity (Wildman–Crippen MR) is 122 cm³/mol. The van der Waals surface area contributed by atoms with Gasteiger partial charge in [0.05, 0.1) is 0 Å². The lowest BCUT2D eigenvalue weighted by atomic mass is 10.2. The number of rotatable bonds is 5. The number of aromatic nitrogens is 2. The molecule has 1 aliphatic rings. The Bertz CT molecular complexity index is 1080. The molecule has 3 N–H and O–H groups in total. The van der Waals surface area contributed by atoms with Crippen molar-refractivity contribution in [3.63, 3.8) is 0 Å². The summed E-state index contributed by atoms with van der Waals surface area (Å²) in [5.74, 6) is 1.12. The number of nitrogens with zero attached hydrogens (tertiary/aromatic N) is 3. The summed E-state index contributed by atoms with van der Waals surface area (Å²) in [6.07, 6.45) is 2.37. The smallest absolute Gasteiger partial charge is 0.323 e. The largest absolute Gasteiger partial charge is 0.356 e. The first-order chi connectivity index (χ1) is 15.0. The highest BCUT2D eigenvalue weighted by Gasteiger charge is 2.15. The van der Waals surface area contributed by atoms with Crippen molar-refractivity contribution in [2.45, 2.75) is 26.7 Å². The molecular formula is C23H25FN6O. The van der Waals surface area contributed by atoms with Crippen LogP contribution in [0, 0.1) is 19.7 Å². The quantitative estimate of drug-likeness (QED) is 0.527. The number of hydrogen-bond donors (Lipinski definition) is 3. The Labute approximate surface area is 180 Å². The minimum absolute atomic E-state index is 0.362. The van der Waals surface area contributed by atoms with Crippen LogP contribution in [0.4, 0.5) is 38.0 Å². The molecule has 0 atom stereocenters. The first kappa shape index (κ1) is 20.6. The third-order valence-corrected chi connectivity index (χ3v) is 5.10. The first-order valence-electron chi connectivity index (χ1n) is 10.3. The molecule has 3 aromatic rings. The molecule has 1 aliphatic heterocycles. The van der Waals surface area contributed by atoms with Crippen molar-refractivity contribution in [3.8, 4) is 0 Å². The van der Waals surface area contributed by atoms with E-state index in [-0.39, 0.29) is 5.82 Å². The Morgan fingerprint density at radius 2 is 1.55 bits per heavy atom. The van der Waals surface area contributed by atoms with Crippen LogP contribution in [0.2, 0.25) is 0 Å². The van der Waals surface area contributed by atoms with Crippen molar-refractivity contribution in [2.75, 3.05) is 33.9 Å².